The maximum absolute atomic E-state index is 11.8. The molecule has 0 aromatic rings. The highest BCUT2D eigenvalue weighted by molar-refractivity contribution is 5.42. The van der Waals surface area contributed by atoms with Gasteiger partial charge in [0.25, 0.3) is 0 Å². The predicted octanol–water partition coefficient (Wildman–Crippen LogP) is 2.45. The van der Waals surface area contributed by atoms with Crippen molar-refractivity contribution >= 4 is 0 Å². The topological polar surface area (TPSA) is 47.6 Å². The van der Waals surface area contributed by atoms with Crippen molar-refractivity contribution in [2.24, 2.45) is 0 Å². The molecule has 0 fully saturated rings. The molecule has 0 aliphatic rings. The lowest BCUT2D eigenvalue weighted by Gasteiger charge is -2.09. The Balaban J connectivity index is 5.68. The highest BCUT2D eigenvalue weighted by atomic mass is 19.4. The van der Waals surface area contributed by atoms with Crippen molar-refractivity contribution < 1.29 is 26.3 Å². The molecule has 2 nitrogen and oxygen atoms in total. The highest BCUT2D eigenvalue weighted by Crippen LogP contribution is 2.35. The molecule has 76 valence electrons. The van der Waals surface area contributed by atoms with Crippen LogP contribution in [0.2, 0.25) is 0 Å². The summed E-state index contributed by atoms with van der Waals surface area (Å²) in [7, 11) is 0. The second-order valence-electron chi connectivity index (χ2n) is 1.97. The van der Waals surface area contributed by atoms with Crippen LogP contribution in [0.25, 0.3) is 0 Å². The molecule has 0 aromatic heterocycles. The first-order chi connectivity index (χ1) is 6.14. The lowest BCUT2D eigenvalue weighted by molar-refractivity contribution is -0.109. The number of hydrogen-bond acceptors (Lipinski definition) is 2. The Bertz CT molecular complexity index is 299. The Kier molecular flexibility index (Phi) is 3.15. The van der Waals surface area contributed by atoms with E-state index in [1.165, 1.54) is 0 Å². The van der Waals surface area contributed by atoms with E-state index < -0.39 is 23.5 Å². The van der Waals surface area contributed by atoms with Crippen LogP contribution in [0.3, 0.4) is 0 Å². The number of hydrogen-bond donors (Lipinski definition) is 0. The molecule has 0 aliphatic carbocycles. The van der Waals surface area contributed by atoms with Crippen molar-refractivity contribution in [1.29, 1.82) is 10.5 Å². The molecule has 0 heterocycles. The molecule has 0 aliphatic heterocycles. The van der Waals surface area contributed by atoms with Crippen LogP contribution in [0.5, 0.6) is 0 Å². The predicted molar refractivity (Wildman–Crippen MR) is 30.4 cm³/mol. The number of halogens is 6. The lowest BCUT2D eigenvalue weighted by Crippen LogP contribution is -2.20. The van der Waals surface area contributed by atoms with Crippen molar-refractivity contribution in [2.75, 3.05) is 0 Å². The number of allylic oxidation sites excluding steroid dienone is 2. The lowest BCUT2D eigenvalue weighted by atomic mass is 10.1. The summed E-state index contributed by atoms with van der Waals surface area (Å²) in [6.45, 7) is 0. The molecule has 0 rings (SSSR count). The average molecular weight is 214 g/mol. The number of nitriles is 2. The Morgan fingerprint density at radius 3 is 1.00 bits per heavy atom. The van der Waals surface area contributed by atoms with Gasteiger partial charge in [0.2, 0.25) is 0 Å². The molecule has 0 atom stereocenters. The molecule has 8 heteroatoms. The zero-order valence-electron chi connectivity index (χ0n) is 6.16. The summed E-state index contributed by atoms with van der Waals surface area (Å²) in [5.74, 6) is 0. The van der Waals surface area contributed by atoms with Crippen LogP contribution in [0, 0.1) is 22.7 Å². The summed E-state index contributed by atoms with van der Waals surface area (Å²) < 4.78 is 70.5. The molecule has 0 aromatic carbocycles. The summed E-state index contributed by atoms with van der Waals surface area (Å²) in [6, 6.07) is 0.623. The van der Waals surface area contributed by atoms with E-state index in [1.54, 1.807) is 0 Å². The molecule has 0 unspecified atom stereocenters. The summed E-state index contributed by atoms with van der Waals surface area (Å²) in [4.78, 5) is 0. The van der Waals surface area contributed by atoms with Gasteiger partial charge >= 0.3 is 12.4 Å². The van der Waals surface area contributed by atoms with Crippen LogP contribution < -0.4 is 0 Å². The van der Waals surface area contributed by atoms with Gasteiger partial charge < -0.3 is 0 Å². The molecular formula is C6F6N2. The summed E-state index contributed by atoms with van der Waals surface area (Å²) in [6.07, 6.45) is -11.0. The largest absolute Gasteiger partial charge is 0.427 e. The van der Waals surface area contributed by atoms with Crippen LogP contribution in [0.4, 0.5) is 26.3 Å². The van der Waals surface area contributed by atoms with Crippen molar-refractivity contribution in [2.45, 2.75) is 12.4 Å². The third-order valence-corrected chi connectivity index (χ3v) is 1.04. The molecular weight excluding hydrogens is 214 g/mol. The minimum absolute atomic E-state index is 0.312. The molecule has 0 N–H and O–H groups in total. The van der Waals surface area contributed by atoms with Gasteiger partial charge in [-0.1, -0.05) is 0 Å². The molecule has 0 spiro atoms. The first-order valence-corrected chi connectivity index (χ1v) is 2.83. The van der Waals surface area contributed by atoms with E-state index in [2.05, 4.69) is 0 Å². The van der Waals surface area contributed by atoms with Crippen molar-refractivity contribution in [1.82, 2.24) is 0 Å². The van der Waals surface area contributed by atoms with Crippen LogP contribution in [0.1, 0.15) is 0 Å². The fraction of sp³-hybridized carbons (Fsp3) is 0.333. The second-order valence-corrected chi connectivity index (χ2v) is 1.97. The monoisotopic (exact) mass is 214 g/mol. The minimum Gasteiger partial charge on any atom is -0.192 e. The van der Waals surface area contributed by atoms with Gasteiger partial charge in [0.15, 0.2) is 11.1 Å². The van der Waals surface area contributed by atoms with Gasteiger partial charge in [-0.05, 0) is 0 Å². The van der Waals surface area contributed by atoms with Crippen molar-refractivity contribution in [3.05, 3.63) is 11.1 Å². The van der Waals surface area contributed by atoms with Crippen LogP contribution in [0.15, 0.2) is 11.1 Å². The summed E-state index contributed by atoms with van der Waals surface area (Å²) >= 11 is 0. The summed E-state index contributed by atoms with van der Waals surface area (Å²) in [5, 5.41) is 15.7. The smallest absolute Gasteiger partial charge is 0.192 e. The third-order valence-electron chi connectivity index (χ3n) is 1.04. The maximum atomic E-state index is 11.8. The fourth-order valence-electron chi connectivity index (χ4n) is 0.522. The Labute approximate surface area is 73.7 Å². The number of rotatable bonds is 0. The standard InChI is InChI=1S/C6F6N2/c7-5(8,9)3(1-13)4(2-14)6(10,11)12. The van der Waals surface area contributed by atoms with Crippen LogP contribution in [-0.2, 0) is 0 Å². The van der Waals surface area contributed by atoms with E-state index in [9.17, 15) is 26.3 Å². The van der Waals surface area contributed by atoms with Crippen molar-refractivity contribution in [3.63, 3.8) is 0 Å². The van der Waals surface area contributed by atoms with Gasteiger partial charge in [-0.2, -0.15) is 36.9 Å². The van der Waals surface area contributed by atoms with Gasteiger partial charge in [0.1, 0.15) is 12.1 Å². The van der Waals surface area contributed by atoms with Gasteiger partial charge in [0.05, 0.1) is 0 Å². The maximum Gasteiger partial charge on any atom is 0.427 e. The molecule has 0 saturated carbocycles. The molecule has 0 saturated heterocycles. The molecule has 0 radical (unpaired) electrons. The second kappa shape index (κ2) is 3.58. The fourth-order valence-corrected chi connectivity index (χ4v) is 0.522. The number of nitrogens with zero attached hydrogens (tertiary/aromatic N) is 2. The number of alkyl halides is 6. The molecule has 0 amide bonds. The Morgan fingerprint density at radius 2 is 0.929 bits per heavy atom. The molecule has 14 heavy (non-hydrogen) atoms. The SMILES string of the molecule is N#CC(=C(C#N)C(F)(F)F)C(F)(F)F. The summed E-state index contributed by atoms with van der Waals surface area (Å²) in [5.41, 5.74) is -5.07. The van der Waals surface area contributed by atoms with Gasteiger partial charge in [0, 0.05) is 0 Å². The Morgan fingerprint density at radius 1 is 0.714 bits per heavy atom. The average Bonchev–Trinajstić information content (AvgIpc) is 1.94. The third kappa shape index (κ3) is 2.66. The first kappa shape index (κ1) is 12.3. The quantitative estimate of drug-likeness (QED) is 0.459. The van der Waals surface area contributed by atoms with Crippen LogP contribution in [-0.4, -0.2) is 12.4 Å². The van der Waals surface area contributed by atoms with E-state index in [0.29, 0.717) is 12.1 Å². The van der Waals surface area contributed by atoms with E-state index >= 15 is 0 Å². The zero-order valence-corrected chi connectivity index (χ0v) is 6.16. The van der Waals surface area contributed by atoms with Crippen LogP contribution >= 0.6 is 0 Å². The zero-order chi connectivity index (χ0) is 11.6. The van der Waals surface area contributed by atoms with E-state index in [4.69, 9.17) is 10.5 Å². The van der Waals surface area contributed by atoms with Crippen molar-refractivity contribution in [3.8, 4) is 12.1 Å². The normalized spacial score (nSPS) is 14.0. The van der Waals surface area contributed by atoms with E-state index in [1.807, 2.05) is 0 Å². The van der Waals surface area contributed by atoms with Gasteiger partial charge in [-0.25, -0.2) is 0 Å². The van der Waals surface area contributed by atoms with E-state index in [-0.39, 0.29) is 0 Å². The van der Waals surface area contributed by atoms with Gasteiger partial charge in [-0.3, -0.25) is 0 Å². The highest BCUT2D eigenvalue weighted by Gasteiger charge is 2.46. The first-order valence-electron chi connectivity index (χ1n) is 2.83. The molecule has 0 bridgehead atoms. The van der Waals surface area contributed by atoms with Gasteiger partial charge in [-0.15, -0.1) is 0 Å². The van der Waals surface area contributed by atoms with E-state index in [0.717, 1.165) is 0 Å². The Hall–Kier alpha value is -1.70. The minimum atomic E-state index is -5.48.